The van der Waals surface area contributed by atoms with Gasteiger partial charge in [-0.05, 0) is 46.9 Å². The van der Waals surface area contributed by atoms with Crippen LogP contribution in [0.4, 0.5) is 4.39 Å². The number of hydrogen-bond donors (Lipinski definition) is 1. The first-order valence-corrected chi connectivity index (χ1v) is 7.48. The summed E-state index contributed by atoms with van der Waals surface area (Å²) in [6.45, 7) is 6.94. The van der Waals surface area contributed by atoms with E-state index in [1.807, 2.05) is 0 Å². The number of nitrogens with two attached hydrogens (primary N) is 1. The molecule has 0 aromatic heterocycles. The lowest BCUT2D eigenvalue weighted by atomic mass is 9.87. The molecule has 2 rings (SSSR count). The molecule has 0 bridgehead atoms. The van der Waals surface area contributed by atoms with Gasteiger partial charge >= 0.3 is 0 Å². The van der Waals surface area contributed by atoms with E-state index in [0.29, 0.717) is 6.54 Å². The summed E-state index contributed by atoms with van der Waals surface area (Å²) in [5.74, 6) is -0.238. The van der Waals surface area contributed by atoms with Crippen molar-refractivity contribution < 1.29 is 4.39 Å². The summed E-state index contributed by atoms with van der Waals surface area (Å²) in [5.41, 5.74) is 7.98. The second-order valence-electron chi connectivity index (χ2n) is 5.83. The van der Waals surface area contributed by atoms with Gasteiger partial charge in [-0.2, -0.15) is 0 Å². The van der Waals surface area contributed by atoms with Gasteiger partial charge in [-0.1, -0.05) is 44.7 Å². The average Bonchev–Trinajstić information content (AvgIpc) is 2.40. The van der Waals surface area contributed by atoms with Crippen molar-refractivity contribution in [2.75, 3.05) is 0 Å². The van der Waals surface area contributed by atoms with Crippen LogP contribution in [0.15, 0.2) is 52.3 Å². The SMILES string of the molecule is CC(C)(C)c1ccc(Sc2ccc(F)cc2CN)cc1. The molecule has 0 atom stereocenters. The van der Waals surface area contributed by atoms with E-state index >= 15 is 0 Å². The van der Waals surface area contributed by atoms with E-state index in [-0.39, 0.29) is 11.2 Å². The maximum absolute atomic E-state index is 13.2. The zero-order chi connectivity index (χ0) is 14.8. The summed E-state index contributed by atoms with van der Waals surface area (Å²) in [6.07, 6.45) is 0. The Bertz CT molecular complexity index is 585. The number of hydrogen-bond acceptors (Lipinski definition) is 2. The van der Waals surface area contributed by atoms with Crippen molar-refractivity contribution in [1.29, 1.82) is 0 Å². The number of benzene rings is 2. The predicted molar refractivity (Wildman–Crippen MR) is 83.6 cm³/mol. The second kappa shape index (κ2) is 5.98. The van der Waals surface area contributed by atoms with Crippen LogP contribution in [0.2, 0.25) is 0 Å². The molecule has 0 saturated carbocycles. The zero-order valence-corrected chi connectivity index (χ0v) is 12.9. The van der Waals surface area contributed by atoms with Crippen LogP contribution in [-0.2, 0) is 12.0 Å². The molecule has 0 aliphatic heterocycles. The standard InChI is InChI=1S/C17H20FNS/c1-17(2,3)13-4-7-15(8-5-13)20-16-9-6-14(18)10-12(16)11-19/h4-10H,11,19H2,1-3H3. The second-order valence-corrected chi connectivity index (χ2v) is 6.95. The Morgan fingerprint density at radius 1 is 1.05 bits per heavy atom. The van der Waals surface area contributed by atoms with Crippen molar-refractivity contribution >= 4 is 11.8 Å². The third kappa shape index (κ3) is 3.62. The highest BCUT2D eigenvalue weighted by molar-refractivity contribution is 7.99. The Balaban J connectivity index is 2.22. The Morgan fingerprint density at radius 2 is 1.70 bits per heavy atom. The lowest BCUT2D eigenvalue weighted by molar-refractivity contribution is 0.590. The molecule has 0 fully saturated rings. The smallest absolute Gasteiger partial charge is 0.123 e. The number of halogens is 1. The normalized spacial score (nSPS) is 11.7. The summed E-state index contributed by atoms with van der Waals surface area (Å²) in [7, 11) is 0. The molecule has 0 radical (unpaired) electrons. The molecule has 0 aliphatic rings. The third-order valence-electron chi connectivity index (χ3n) is 3.19. The molecule has 1 nitrogen and oxygen atoms in total. The van der Waals surface area contributed by atoms with E-state index in [9.17, 15) is 4.39 Å². The summed E-state index contributed by atoms with van der Waals surface area (Å²) in [4.78, 5) is 2.15. The quantitative estimate of drug-likeness (QED) is 0.883. The monoisotopic (exact) mass is 289 g/mol. The van der Waals surface area contributed by atoms with Crippen LogP contribution in [0.1, 0.15) is 31.9 Å². The van der Waals surface area contributed by atoms with Gasteiger partial charge in [0.2, 0.25) is 0 Å². The molecule has 20 heavy (non-hydrogen) atoms. The molecule has 0 heterocycles. The van der Waals surface area contributed by atoms with E-state index in [2.05, 4.69) is 45.0 Å². The minimum Gasteiger partial charge on any atom is -0.326 e. The molecule has 2 aromatic rings. The van der Waals surface area contributed by atoms with E-state index in [4.69, 9.17) is 5.73 Å². The van der Waals surface area contributed by atoms with Gasteiger partial charge in [0.05, 0.1) is 0 Å². The van der Waals surface area contributed by atoms with Crippen LogP contribution in [0.5, 0.6) is 0 Å². The highest BCUT2D eigenvalue weighted by Crippen LogP contribution is 2.32. The van der Waals surface area contributed by atoms with Crippen molar-refractivity contribution in [3.05, 3.63) is 59.4 Å². The van der Waals surface area contributed by atoms with Crippen LogP contribution in [0.3, 0.4) is 0 Å². The Hall–Kier alpha value is -1.32. The zero-order valence-electron chi connectivity index (χ0n) is 12.1. The first-order valence-electron chi connectivity index (χ1n) is 6.67. The van der Waals surface area contributed by atoms with Crippen molar-refractivity contribution in [3.8, 4) is 0 Å². The molecule has 0 unspecified atom stereocenters. The Labute approximate surface area is 124 Å². The molecular weight excluding hydrogens is 269 g/mol. The fourth-order valence-electron chi connectivity index (χ4n) is 1.96. The summed E-state index contributed by atoms with van der Waals surface area (Å²) in [6, 6.07) is 13.3. The molecule has 3 heteroatoms. The van der Waals surface area contributed by atoms with Gasteiger partial charge in [-0.3, -0.25) is 0 Å². The van der Waals surface area contributed by atoms with Crippen LogP contribution in [0.25, 0.3) is 0 Å². The van der Waals surface area contributed by atoms with Crippen molar-refractivity contribution in [3.63, 3.8) is 0 Å². The van der Waals surface area contributed by atoms with Gasteiger partial charge in [0.15, 0.2) is 0 Å². The maximum atomic E-state index is 13.2. The highest BCUT2D eigenvalue weighted by Gasteiger charge is 2.13. The summed E-state index contributed by atoms with van der Waals surface area (Å²) in [5, 5.41) is 0. The average molecular weight is 289 g/mol. The fraction of sp³-hybridized carbons (Fsp3) is 0.294. The lowest BCUT2D eigenvalue weighted by Gasteiger charge is -2.19. The molecule has 0 amide bonds. The van der Waals surface area contributed by atoms with Gasteiger partial charge < -0.3 is 5.73 Å². The topological polar surface area (TPSA) is 26.0 Å². The first kappa shape index (κ1) is 15.1. The maximum Gasteiger partial charge on any atom is 0.123 e. The molecule has 106 valence electrons. The van der Waals surface area contributed by atoms with Gasteiger partial charge in [-0.25, -0.2) is 4.39 Å². The van der Waals surface area contributed by atoms with Gasteiger partial charge in [0.25, 0.3) is 0 Å². The van der Waals surface area contributed by atoms with E-state index < -0.39 is 0 Å². The first-order chi connectivity index (χ1) is 9.40. The van der Waals surface area contributed by atoms with Crippen molar-refractivity contribution in [2.24, 2.45) is 5.73 Å². The fourth-order valence-corrected chi connectivity index (χ4v) is 2.89. The van der Waals surface area contributed by atoms with Gasteiger partial charge in [-0.15, -0.1) is 0 Å². The van der Waals surface area contributed by atoms with Crippen molar-refractivity contribution in [1.82, 2.24) is 0 Å². The van der Waals surface area contributed by atoms with E-state index in [1.165, 1.54) is 17.7 Å². The lowest BCUT2D eigenvalue weighted by Crippen LogP contribution is -2.10. The molecular formula is C17H20FNS. The van der Waals surface area contributed by atoms with Crippen LogP contribution in [0, 0.1) is 5.82 Å². The van der Waals surface area contributed by atoms with Crippen molar-refractivity contribution in [2.45, 2.75) is 42.5 Å². The van der Waals surface area contributed by atoms with Gasteiger partial charge in [0, 0.05) is 16.3 Å². The molecule has 2 aromatic carbocycles. The van der Waals surface area contributed by atoms with Crippen LogP contribution < -0.4 is 5.73 Å². The predicted octanol–water partition coefficient (Wildman–Crippen LogP) is 4.73. The molecule has 0 aliphatic carbocycles. The van der Waals surface area contributed by atoms with E-state index in [1.54, 1.807) is 17.8 Å². The summed E-state index contributed by atoms with van der Waals surface area (Å²) >= 11 is 1.62. The Kier molecular flexibility index (Phi) is 4.51. The van der Waals surface area contributed by atoms with Gasteiger partial charge in [0.1, 0.15) is 5.82 Å². The number of rotatable bonds is 3. The highest BCUT2D eigenvalue weighted by atomic mass is 32.2. The molecule has 0 spiro atoms. The minimum atomic E-state index is -0.238. The van der Waals surface area contributed by atoms with E-state index in [0.717, 1.165) is 15.4 Å². The third-order valence-corrected chi connectivity index (χ3v) is 4.32. The minimum absolute atomic E-state index is 0.154. The molecule has 2 N–H and O–H groups in total. The van der Waals surface area contributed by atoms with Crippen LogP contribution >= 0.6 is 11.8 Å². The Morgan fingerprint density at radius 3 is 2.25 bits per heavy atom. The van der Waals surface area contributed by atoms with Crippen LogP contribution in [-0.4, -0.2) is 0 Å². The molecule has 0 saturated heterocycles. The summed E-state index contributed by atoms with van der Waals surface area (Å²) < 4.78 is 13.2. The largest absolute Gasteiger partial charge is 0.326 e.